The number of likely N-dealkylation sites (tertiary alicyclic amines) is 2. The summed E-state index contributed by atoms with van der Waals surface area (Å²) in [4.78, 5) is 36.8. The Morgan fingerprint density at radius 3 is 2.55 bits per heavy atom. The summed E-state index contributed by atoms with van der Waals surface area (Å²) in [6.07, 6.45) is 14.7. The van der Waals surface area contributed by atoms with Crippen molar-refractivity contribution in [2.24, 2.45) is 11.3 Å². The molecule has 354 valence electrons. The summed E-state index contributed by atoms with van der Waals surface area (Å²) >= 11 is 0. The van der Waals surface area contributed by atoms with Crippen LogP contribution < -0.4 is 19.5 Å². The number of nitrogens with zero attached hydrogens (tertiary/aromatic N) is 4. The number of hydrogen-bond donors (Lipinski definition) is 4. The van der Waals surface area contributed by atoms with E-state index in [-0.39, 0.29) is 45.3 Å². The third-order valence-corrected chi connectivity index (χ3v) is 15.7. The highest BCUT2D eigenvalue weighted by Gasteiger charge is 2.49. The van der Waals surface area contributed by atoms with Crippen LogP contribution in [0, 0.1) is 27.3 Å². The van der Waals surface area contributed by atoms with Crippen LogP contribution in [-0.4, -0.2) is 102 Å². The number of H-pyrrole nitrogens is 1. The minimum Gasteiger partial charge on any atom is -0.483 e. The second-order valence-corrected chi connectivity index (χ2v) is 21.1. The molecule has 2 aromatic heterocycles. The van der Waals surface area contributed by atoms with Crippen LogP contribution in [0.15, 0.2) is 83.5 Å². The molecule has 15 nitrogen and oxygen atoms in total. The zero-order chi connectivity index (χ0) is 46.8. The number of carbonyl (C=O) groups excluding carboxylic acids is 1. The number of piperidine rings is 1. The molecule has 0 bridgehead atoms. The molecule has 1 amide bonds. The molecule has 4 N–H and O–H groups in total. The number of ether oxygens (including phenoxy) is 2. The Bertz CT molecular complexity index is 2590. The lowest BCUT2D eigenvalue weighted by Crippen LogP contribution is -2.63. The van der Waals surface area contributed by atoms with Crippen molar-refractivity contribution in [1.82, 2.24) is 24.5 Å². The minimum absolute atomic E-state index is 0.0178. The average Bonchev–Trinajstić information content (AvgIpc) is 3.92. The average molecular weight is 928 g/mol. The van der Waals surface area contributed by atoms with Gasteiger partial charge in [0, 0.05) is 51.0 Å². The lowest BCUT2D eigenvalue weighted by molar-refractivity contribution is -0.384. The molecule has 2 aliphatic carbocycles. The Kier molecular flexibility index (Phi) is 13.8. The molecule has 4 aromatic rings. The van der Waals surface area contributed by atoms with E-state index in [9.17, 15) is 32.8 Å². The topological polar surface area (TPSA) is 192 Å². The third-order valence-electron chi connectivity index (χ3n) is 14.4. The van der Waals surface area contributed by atoms with Gasteiger partial charge in [0.15, 0.2) is 5.75 Å². The Morgan fingerprint density at radius 1 is 1.09 bits per heavy atom. The molecule has 4 heterocycles. The normalized spacial score (nSPS) is 23.7. The van der Waals surface area contributed by atoms with Gasteiger partial charge in [-0.05, 0) is 129 Å². The molecule has 2 aromatic carbocycles. The number of hydrogen-bond acceptors (Lipinski definition) is 12. The Balaban J connectivity index is 0.941. The summed E-state index contributed by atoms with van der Waals surface area (Å²) in [5.41, 5.74) is 2.33. The molecular formula is C49H62FN7O8S. The molecule has 0 radical (unpaired) electrons. The Hall–Kier alpha value is -5.52. The number of amides is 1. The number of methoxy groups -OCH3 is 1. The van der Waals surface area contributed by atoms with Gasteiger partial charge in [-0.3, -0.25) is 19.8 Å². The van der Waals surface area contributed by atoms with Gasteiger partial charge < -0.3 is 29.8 Å². The van der Waals surface area contributed by atoms with Crippen LogP contribution in [0.3, 0.4) is 0 Å². The quantitative estimate of drug-likeness (QED) is 0.0366. The first-order chi connectivity index (χ1) is 31.5. The van der Waals surface area contributed by atoms with Gasteiger partial charge >= 0.3 is 0 Å². The largest absolute Gasteiger partial charge is 0.483 e. The molecule has 2 aliphatic heterocycles. The van der Waals surface area contributed by atoms with Crippen LogP contribution in [0.4, 0.5) is 15.8 Å². The standard InChI is InChI=1S/C49H62FN7O8S/c1-32(2)36-10-5-6-11-37(36)38-12-7-13-42(38)56-30-49(31-56)20-23-55(24-21-49)22-8-9-34(29-65-44-26-39-40(50)28-52-45(39)53-47(44)64-4)46(58)54-66(62,63)35-14-15-41(43(25-35)57(60)61)51-27-33-16-18-48(3,59)19-17-33/h5-6,8-11,14-15,22,25-26,28,32-33,38,42,51,59H,7,12-13,16-21,23-24,27,29-31H2,1-4H3,(H,52,53)(H,54,58)/b22-8+,34-9+/t33-,38-,42-,48-/m1/s1. The van der Waals surface area contributed by atoms with E-state index in [0.29, 0.717) is 37.3 Å². The molecule has 4 aliphatic rings. The van der Waals surface area contributed by atoms with Gasteiger partial charge in [-0.1, -0.05) is 44.5 Å². The number of benzene rings is 2. The van der Waals surface area contributed by atoms with Crippen LogP contribution in [0.5, 0.6) is 11.6 Å². The van der Waals surface area contributed by atoms with E-state index in [2.05, 4.69) is 67.9 Å². The number of aliphatic hydroxyl groups is 1. The minimum atomic E-state index is -4.62. The number of sulfonamides is 1. The number of carbonyl (C=O) groups is 1. The molecule has 0 unspecified atom stereocenters. The predicted molar refractivity (Wildman–Crippen MR) is 251 cm³/mol. The fourth-order valence-electron chi connectivity index (χ4n) is 10.5. The van der Waals surface area contributed by atoms with Gasteiger partial charge in [-0.25, -0.2) is 17.5 Å². The highest BCUT2D eigenvalue weighted by atomic mass is 32.2. The summed E-state index contributed by atoms with van der Waals surface area (Å²) in [5.74, 6) is -0.311. The highest BCUT2D eigenvalue weighted by molar-refractivity contribution is 7.90. The molecule has 2 saturated heterocycles. The van der Waals surface area contributed by atoms with Gasteiger partial charge in [0.25, 0.3) is 27.5 Å². The SMILES string of the molecule is COc1nc2[nH]cc(F)c2cc1OC/C(=C\C=C\N1CCC2(CC1)CN([C@@H]1CCC[C@@H]1c1ccccc1C(C)C)C2)C(=O)NS(=O)(=O)c1ccc(NC[C@H]2CC[C@](C)(O)CC2)c([N+](=O)[O-])c1. The van der Waals surface area contributed by atoms with Crippen molar-refractivity contribution in [3.63, 3.8) is 0 Å². The van der Waals surface area contributed by atoms with E-state index in [4.69, 9.17) is 9.47 Å². The van der Waals surface area contributed by atoms with Crippen molar-refractivity contribution in [2.75, 3.05) is 51.8 Å². The van der Waals surface area contributed by atoms with Crippen LogP contribution in [0.1, 0.15) is 102 Å². The van der Waals surface area contributed by atoms with Gasteiger partial charge in [0.05, 0.1) is 33.5 Å². The summed E-state index contributed by atoms with van der Waals surface area (Å²) in [5, 5.41) is 25.7. The number of allylic oxidation sites excluding steroid dienone is 2. The first-order valence-electron chi connectivity index (χ1n) is 23.1. The second-order valence-electron chi connectivity index (χ2n) is 19.4. The van der Waals surface area contributed by atoms with E-state index in [1.165, 1.54) is 61.8 Å². The van der Waals surface area contributed by atoms with Crippen molar-refractivity contribution in [3.05, 3.63) is 106 Å². The molecule has 66 heavy (non-hydrogen) atoms. The number of nitrogens with one attached hydrogen (secondary N) is 3. The van der Waals surface area contributed by atoms with Crippen molar-refractivity contribution < 1.29 is 37.1 Å². The van der Waals surface area contributed by atoms with Crippen LogP contribution in [-0.2, 0) is 14.8 Å². The lowest BCUT2D eigenvalue weighted by atomic mass is 9.70. The van der Waals surface area contributed by atoms with E-state index < -0.39 is 49.5 Å². The van der Waals surface area contributed by atoms with E-state index in [1.807, 2.05) is 6.20 Å². The summed E-state index contributed by atoms with van der Waals surface area (Å²) in [6.45, 7) is 10.2. The highest BCUT2D eigenvalue weighted by Crippen LogP contribution is 2.48. The molecule has 4 fully saturated rings. The Labute approximate surface area is 386 Å². The monoisotopic (exact) mass is 927 g/mol. The number of aromatic nitrogens is 2. The number of rotatable bonds is 16. The summed E-state index contributed by atoms with van der Waals surface area (Å²) in [7, 11) is -3.26. The van der Waals surface area contributed by atoms with Gasteiger partial charge in [-0.2, -0.15) is 4.98 Å². The fourth-order valence-corrected chi connectivity index (χ4v) is 11.5. The molecule has 1 spiro atoms. The molecule has 2 saturated carbocycles. The first-order valence-corrected chi connectivity index (χ1v) is 24.6. The number of pyridine rings is 1. The van der Waals surface area contributed by atoms with Crippen molar-refractivity contribution in [1.29, 1.82) is 0 Å². The van der Waals surface area contributed by atoms with Crippen LogP contribution in [0.25, 0.3) is 11.0 Å². The molecule has 17 heteroatoms. The number of halogens is 1. The van der Waals surface area contributed by atoms with E-state index in [0.717, 1.165) is 64.1 Å². The van der Waals surface area contributed by atoms with Crippen LogP contribution in [0.2, 0.25) is 0 Å². The number of anilines is 1. The maximum atomic E-state index is 14.5. The summed E-state index contributed by atoms with van der Waals surface area (Å²) < 4.78 is 55.4. The first kappa shape index (κ1) is 47.0. The van der Waals surface area contributed by atoms with Gasteiger partial charge in [0.2, 0.25) is 0 Å². The predicted octanol–water partition coefficient (Wildman–Crippen LogP) is 8.15. The molecule has 8 rings (SSSR count). The van der Waals surface area contributed by atoms with Crippen molar-refractivity contribution in [2.45, 2.75) is 107 Å². The number of fused-ring (bicyclic) bond motifs is 1. The zero-order valence-corrected chi connectivity index (χ0v) is 39.0. The maximum Gasteiger partial charge on any atom is 0.293 e. The fraction of sp³-hybridized carbons (Fsp3) is 0.510. The number of aromatic amines is 1. The number of nitro groups is 1. The van der Waals surface area contributed by atoms with Crippen LogP contribution >= 0.6 is 0 Å². The molecular weight excluding hydrogens is 866 g/mol. The Morgan fingerprint density at radius 2 is 1.83 bits per heavy atom. The summed E-state index contributed by atoms with van der Waals surface area (Å²) in [6, 6.07) is 14.3. The van der Waals surface area contributed by atoms with Gasteiger partial charge in [0.1, 0.15) is 23.8 Å². The van der Waals surface area contributed by atoms with Crippen molar-refractivity contribution >= 4 is 38.3 Å². The smallest absolute Gasteiger partial charge is 0.293 e. The van der Waals surface area contributed by atoms with Gasteiger partial charge in [-0.15, -0.1) is 0 Å². The number of nitro benzene ring substituents is 1. The second kappa shape index (κ2) is 19.4. The molecule has 2 atom stereocenters. The maximum absolute atomic E-state index is 14.5. The lowest BCUT2D eigenvalue weighted by Gasteiger charge is -2.57. The van der Waals surface area contributed by atoms with E-state index >= 15 is 0 Å². The third kappa shape index (κ3) is 10.4. The van der Waals surface area contributed by atoms with Crippen molar-refractivity contribution in [3.8, 4) is 11.6 Å². The van der Waals surface area contributed by atoms with E-state index in [1.54, 1.807) is 13.0 Å². The zero-order valence-electron chi connectivity index (χ0n) is 38.2.